The summed E-state index contributed by atoms with van der Waals surface area (Å²) in [5.74, 6) is 0. The van der Waals surface area contributed by atoms with Crippen LogP contribution < -0.4 is 3.80 Å². The fourth-order valence-corrected chi connectivity index (χ4v) is 5.92. The van der Waals surface area contributed by atoms with Crippen LogP contribution in [0.1, 0.15) is 45.4 Å². The van der Waals surface area contributed by atoms with E-state index in [-0.39, 0.29) is 44.2 Å². The number of nitrogens with zero attached hydrogens (tertiary/aromatic N) is 1. The molecule has 1 aliphatic rings. The van der Waals surface area contributed by atoms with Crippen molar-refractivity contribution in [2.24, 2.45) is 0 Å². The number of halogens is 2. The number of hydrogen-bond acceptors (Lipinski definition) is 2. The second-order valence-corrected chi connectivity index (χ2v) is 10.4. The van der Waals surface area contributed by atoms with Gasteiger partial charge in [-0.15, -0.1) is 24.8 Å². The van der Waals surface area contributed by atoms with E-state index in [0.717, 1.165) is 13.0 Å². The van der Waals surface area contributed by atoms with Crippen molar-refractivity contribution in [3.63, 3.8) is 0 Å². The largest absolute Gasteiger partial charge is 0.147 e. The van der Waals surface area contributed by atoms with Crippen molar-refractivity contribution in [3.8, 4) is 0 Å². The molecule has 30 heavy (non-hydrogen) atoms. The fraction of sp³-hybridized carbons (Fsp3) is 0.360. The molecule has 1 aliphatic carbocycles. The number of allylic oxidation sites excluding steroid dienone is 2. The van der Waals surface area contributed by atoms with E-state index in [0.29, 0.717) is 4.22 Å². The molecule has 3 rings (SSSR count). The third-order valence-corrected chi connectivity index (χ3v) is 7.14. The van der Waals surface area contributed by atoms with Gasteiger partial charge in [-0.3, -0.25) is 0 Å². The molecule has 1 N–H and O–H groups in total. The van der Waals surface area contributed by atoms with Crippen LogP contribution in [-0.4, -0.2) is 25.5 Å². The van der Waals surface area contributed by atoms with Crippen molar-refractivity contribution in [1.82, 2.24) is 4.90 Å². The Balaban J connectivity index is 0.00000225. The minimum absolute atomic E-state index is 0. The quantitative estimate of drug-likeness (QED) is 0.433. The van der Waals surface area contributed by atoms with Gasteiger partial charge in [-0.25, -0.2) is 0 Å². The summed E-state index contributed by atoms with van der Waals surface area (Å²) in [6.45, 7) is 10.0. The summed E-state index contributed by atoms with van der Waals surface area (Å²) in [5, 5.41) is 0. The molecule has 0 spiro atoms. The minimum atomic E-state index is -0.362. The van der Waals surface area contributed by atoms with E-state index in [2.05, 4.69) is 99.0 Å². The van der Waals surface area contributed by atoms with Gasteiger partial charge >= 0.3 is 180 Å². The summed E-state index contributed by atoms with van der Waals surface area (Å²) < 4.78 is 4.41. The molecule has 0 radical (unpaired) electrons. The average molecular weight is 481 g/mol. The van der Waals surface area contributed by atoms with E-state index >= 15 is 0 Å². The van der Waals surface area contributed by atoms with Crippen LogP contribution in [0.5, 0.6) is 0 Å². The van der Waals surface area contributed by atoms with Crippen molar-refractivity contribution in [2.45, 2.75) is 38.3 Å². The fourth-order valence-electron chi connectivity index (χ4n) is 4.11. The minimum Gasteiger partial charge on any atom is -0.147 e. The molecule has 1 unspecified atom stereocenters. The van der Waals surface area contributed by atoms with Crippen molar-refractivity contribution in [1.29, 1.82) is 0 Å². The van der Waals surface area contributed by atoms with Gasteiger partial charge in [0, 0.05) is 0 Å². The standard InChI is InChI=1S/C16H20N.C9H12N.2ClH.Ti/c1-4-13-8-5-6-10-15(13)16-11-7-9-14(16)12-17(2)3;1-6-4-7(2)9(10)8(3)5-6;;;/h4-10H,11-12H2,1-3H3;4-5,10H,1-3H3;2*1H;/q;-1;;;+1. The summed E-state index contributed by atoms with van der Waals surface area (Å²) >= 11 is -0.362. The molecule has 0 amide bonds. The zero-order valence-electron chi connectivity index (χ0n) is 18.9. The second kappa shape index (κ2) is 12.1. The van der Waals surface area contributed by atoms with E-state index in [9.17, 15) is 0 Å². The predicted molar refractivity (Wildman–Crippen MR) is 133 cm³/mol. The van der Waals surface area contributed by atoms with Gasteiger partial charge in [0.1, 0.15) is 0 Å². The van der Waals surface area contributed by atoms with E-state index in [4.69, 9.17) is 0 Å². The molecule has 0 fully saturated rings. The SMILES string of the molecule is Cc1cc(C)c([NH][Ti][CH](C)c2ccccc2C2=C(CN(C)C)C=CC2)c(C)c1.Cl.Cl. The van der Waals surface area contributed by atoms with E-state index in [1.54, 1.807) is 0 Å². The van der Waals surface area contributed by atoms with E-state index < -0.39 is 0 Å². The molecule has 0 aliphatic heterocycles. The van der Waals surface area contributed by atoms with Crippen LogP contribution in [0.2, 0.25) is 0 Å². The Hall–Kier alpha value is -1.03. The average Bonchev–Trinajstić information content (AvgIpc) is 3.07. The molecule has 1 atom stereocenters. The van der Waals surface area contributed by atoms with Crippen LogP contribution in [0, 0.1) is 20.8 Å². The maximum Gasteiger partial charge on any atom is -0.147 e. The zero-order valence-corrected chi connectivity index (χ0v) is 22.1. The van der Waals surface area contributed by atoms with Crippen molar-refractivity contribution in [2.75, 3.05) is 24.4 Å². The molecule has 2 nitrogen and oxygen atoms in total. The topological polar surface area (TPSA) is 15.3 Å². The Morgan fingerprint density at radius 1 is 1.03 bits per heavy atom. The number of anilines is 1. The molecule has 0 saturated carbocycles. The van der Waals surface area contributed by atoms with Gasteiger partial charge in [0.2, 0.25) is 0 Å². The Morgan fingerprint density at radius 3 is 2.30 bits per heavy atom. The first-order chi connectivity index (χ1) is 13.4. The predicted octanol–water partition coefficient (Wildman–Crippen LogP) is 6.90. The number of aryl methyl sites for hydroxylation is 3. The molecule has 0 bridgehead atoms. The monoisotopic (exact) mass is 480 g/mol. The van der Waals surface area contributed by atoms with Crippen molar-refractivity contribution >= 4 is 36.1 Å². The van der Waals surface area contributed by atoms with Crippen LogP contribution in [0.15, 0.2) is 54.1 Å². The second-order valence-electron chi connectivity index (χ2n) is 8.20. The first-order valence-corrected chi connectivity index (χ1v) is 11.8. The first-order valence-electron chi connectivity index (χ1n) is 10.1. The van der Waals surface area contributed by atoms with Gasteiger partial charge < -0.3 is 0 Å². The summed E-state index contributed by atoms with van der Waals surface area (Å²) in [6.07, 6.45) is 5.67. The number of nitrogens with one attached hydrogen (secondary N) is 1. The number of benzene rings is 2. The normalized spacial score (nSPS) is 13.7. The number of likely N-dealkylation sites (N-methyl/N-ethyl adjacent to an activating group) is 1. The molecule has 2 aromatic carbocycles. The van der Waals surface area contributed by atoms with Gasteiger partial charge in [0.05, 0.1) is 0 Å². The van der Waals surface area contributed by atoms with Gasteiger partial charge in [-0.1, -0.05) is 0 Å². The molecular formula is C25H34Cl2N2Ti. The number of hydrogen-bond donors (Lipinski definition) is 1. The van der Waals surface area contributed by atoms with Crippen LogP contribution in [-0.2, 0) is 19.4 Å². The Labute approximate surface area is 204 Å². The molecule has 5 heteroatoms. The molecule has 0 heterocycles. The van der Waals surface area contributed by atoms with E-state index in [1.807, 2.05) is 0 Å². The maximum absolute atomic E-state index is 3.85. The summed E-state index contributed by atoms with van der Waals surface area (Å²) in [6, 6.07) is 13.6. The Bertz CT molecular complexity index is 896. The number of rotatable bonds is 7. The van der Waals surface area contributed by atoms with Crippen molar-refractivity contribution in [3.05, 3.63) is 81.9 Å². The van der Waals surface area contributed by atoms with E-state index in [1.165, 1.54) is 44.7 Å². The van der Waals surface area contributed by atoms with Gasteiger partial charge in [-0.2, -0.15) is 0 Å². The molecule has 2 aromatic rings. The maximum atomic E-state index is 3.85. The Morgan fingerprint density at radius 2 is 1.67 bits per heavy atom. The van der Waals surface area contributed by atoms with Gasteiger partial charge in [0.25, 0.3) is 0 Å². The summed E-state index contributed by atoms with van der Waals surface area (Å²) in [5.41, 5.74) is 11.3. The first kappa shape index (κ1) is 27.0. The van der Waals surface area contributed by atoms with Crippen LogP contribution in [0.3, 0.4) is 0 Å². The molecule has 0 aromatic heterocycles. The third-order valence-electron chi connectivity index (χ3n) is 5.36. The smallest absolute Gasteiger partial charge is 0.147 e. The Kier molecular flexibility index (Phi) is 10.9. The van der Waals surface area contributed by atoms with Crippen molar-refractivity contribution < 1.29 is 19.4 Å². The zero-order chi connectivity index (χ0) is 20.3. The molecule has 0 saturated heterocycles. The van der Waals surface area contributed by atoms with Crippen LogP contribution in [0.4, 0.5) is 5.69 Å². The summed E-state index contributed by atoms with van der Waals surface area (Å²) in [4.78, 5) is 2.26. The molecule has 162 valence electrons. The molecular weight excluding hydrogens is 447 g/mol. The van der Waals surface area contributed by atoms with Crippen LogP contribution in [0.25, 0.3) is 5.57 Å². The third kappa shape index (κ3) is 6.48. The van der Waals surface area contributed by atoms with Crippen LogP contribution >= 0.6 is 24.8 Å². The van der Waals surface area contributed by atoms with Gasteiger partial charge in [0.15, 0.2) is 0 Å². The summed E-state index contributed by atoms with van der Waals surface area (Å²) in [7, 11) is 4.29. The van der Waals surface area contributed by atoms with Gasteiger partial charge in [-0.05, 0) is 0 Å².